The molecule has 0 bridgehead atoms. The monoisotopic (exact) mass is 255 g/mol. The van der Waals surface area contributed by atoms with Gasteiger partial charge in [-0.05, 0) is 19.3 Å². The summed E-state index contributed by atoms with van der Waals surface area (Å²) in [5, 5.41) is 4.02. The van der Waals surface area contributed by atoms with Crippen molar-refractivity contribution in [1.29, 1.82) is 0 Å². The van der Waals surface area contributed by atoms with Gasteiger partial charge in [0.05, 0.1) is 13.5 Å². The van der Waals surface area contributed by atoms with Gasteiger partial charge in [-0.3, -0.25) is 4.79 Å². The summed E-state index contributed by atoms with van der Waals surface area (Å²) in [6.45, 7) is 0.714. The fraction of sp³-hybridized carbons (Fsp3) is 0.636. The Bertz CT molecular complexity index is 401. The Kier molecular flexibility index (Phi) is 3.63. The zero-order chi connectivity index (χ0) is 12.3. The number of carbonyl (C=O) groups is 1. The number of rotatable bonds is 5. The van der Waals surface area contributed by atoms with Crippen LogP contribution in [0.5, 0.6) is 0 Å². The van der Waals surface area contributed by atoms with E-state index in [2.05, 4.69) is 10.3 Å². The first-order chi connectivity index (χ1) is 8.13. The van der Waals surface area contributed by atoms with Gasteiger partial charge in [0.1, 0.15) is 0 Å². The number of hydrogen-bond acceptors (Lipinski definition) is 6. The smallest absolute Gasteiger partial charge is 0.307 e. The first-order valence-corrected chi connectivity index (χ1v) is 6.47. The third kappa shape index (κ3) is 2.95. The molecular formula is C11H17N3O2S. The van der Waals surface area contributed by atoms with Crippen LogP contribution in [0.4, 0.5) is 5.13 Å². The van der Waals surface area contributed by atoms with E-state index in [0.717, 1.165) is 24.1 Å². The van der Waals surface area contributed by atoms with Crippen molar-refractivity contribution in [2.24, 2.45) is 0 Å². The second kappa shape index (κ2) is 5.01. The van der Waals surface area contributed by atoms with Gasteiger partial charge in [-0.25, -0.2) is 4.98 Å². The van der Waals surface area contributed by atoms with Crippen molar-refractivity contribution < 1.29 is 9.53 Å². The van der Waals surface area contributed by atoms with E-state index in [9.17, 15) is 4.79 Å². The Labute approximate surface area is 104 Å². The highest BCUT2D eigenvalue weighted by atomic mass is 32.1. The summed E-state index contributed by atoms with van der Waals surface area (Å²) < 4.78 is 4.73. The number of esters is 1. The highest BCUT2D eigenvalue weighted by molar-refractivity contribution is 7.15. The molecule has 94 valence electrons. The zero-order valence-electron chi connectivity index (χ0n) is 9.86. The van der Waals surface area contributed by atoms with Gasteiger partial charge in [-0.1, -0.05) is 0 Å². The summed E-state index contributed by atoms with van der Waals surface area (Å²) in [4.78, 5) is 16.4. The molecule has 1 aliphatic carbocycles. The summed E-state index contributed by atoms with van der Waals surface area (Å²) in [6.07, 6.45) is 5.43. The van der Waals surface area contributed by atoms with Crippen molar-refractivity contribution in [3.05, 3.63) is 11.1 Å². The van der Waals surface area contributed by atoms with Crippen LogP contribution in [0.2, 0.25) is 0 Å². The lowest BCUT2D eigenvalue weighted by atomic mass is 9.74. The Morgan fingerprint density at radius 3 is 2.94 bits per heavy atom. The molecule has 3 N–H and O–H groups in total. The van der Waals surface area contributed by atoms with Crippen molar-refractivity contribution in [2.45, 2.75) is 37.8 Å². The van der Waals surface area contributed by atoms with Crippen molar-refractivity contribution in [3.8, 4) is 0 Å². The van der Waals surface area contributed by atoms with Crippen molar-refractivity contribution in [2.75, 3.05) is 12.8 Å². The standard InChI is InChI=1S/C11H17N3O2S/c1-16-9(15)5-11(3-2-4-11)14-7-8-6-13-10(12)17-8/h6,14H,2-5,7H2,1H3,(H2,12,13). The molecule has 17 heavy (non-hydrogen) atoms. The number of ether oxygens (including phenoxy) is 1. The van der Waals surface area contributed by atoms with E-state index < -0.39 is 0 Å². The Morgan fingerprint density at radius 1 is 1.71 bits per heavy atom. The lowest BCUT2D eigenvalue weighted by Crippen LogP contribution is -2.51. The van der Waals surface area contributed by atoms with Gasteiger partial charge in [0, 0.05) is 23.2 Å². The topological polar surface area (TPSA) is 77.2 Å². The number of nitrogens with one attached hydrogen (secondary N) is 1. The van der Waals surface area contributed by atoms with E-state index >= 15 is 0 Å². The molecule has 0 atom stereocenters. The van der Waals surface area contributed by atoms with E-state index in [4.69, 9.17) is 10.5 Å². The molecule has 1 heterocycles. The average Bonchev–Trinajstić information content (AvgIpc) is 2.67. The largest absolute Gasteiger partial charge is 0.469 e. The van der Waals surface area contributed by atoms with Gasteiger partial charge in [0.2, 0.25) is 0 Å². The molecule has 0 saturated heterocycles. The van der Waals surface area contributed by atoms with Crippen LogP contribution in [-0.4, -0.2) is 23.6 Å². The fourth-order valence-corrected chi connectivity index (χ4v) is 2.67. The van der Waals surface area contributed by atoms with Gasteiger partial charge in [0.15, 0.2) is 5.13 Å². The minimum Gasteiger partial charge on any atom is -0.469 e. The number of nitrogen functional groups attached to an aromatic ring is 1. The summed E-state index contributed by atoms with van der Waals surface area (Å²) in [7, 11) is 1.43. The molecule has 1 fully saturated rings. The Hall–Kier alpha value is -1.14. The second-order valence-corrected chi connectivity index (χ2v) is 5.55. The highest BCUT2D eigenvalue weighted by Gasteiger charge is 2.38. The van der Waals surface area contributed by atoms with Crippen LogP contribution in [0.15, 0.2) is 6.20 Å². The molecule has 6 heteroatoms. The number of anilines is 1. The highest BCUT2D eigenvalue weighted by Crippen LogP contribution is 2.35. The number of nitrogens with two attached hydrogens (primary N) is 1. The van der Waals surface area contributed by atoms with Gasteiger partial charge in [-0.15, -0.1) is 11.3 Å². The molecule has 1 saturated carbocycles. The van der Waals surface area contributed by atoms with E-state index in [1.807, 2.05) is 0 Å². The molecule has 5 nitrogen and oxygen atoms in total. The van der Waals surface area contributed by atoms with Crippen molar-refractivity contribution in [3.63, 3.8) is 0 Å². The molecule has 1 aromatic heterocycles. The second-order valence-electron chi connectivity index (χ2n) is 4.41. The normalized spacial score (nSPS) is 17.5. The van der Waals surface area contributed by atoms with Crippen LogP contribution in [0, 0.1) is 0 Å². The molecule has 0 radical (unpaired) electrons. The van der Waals surface area contributed by atoms with Crippen LogP contribution in [0.3, 0.4) is 0 Å². The Balaban J connectivity index is 1.89. The van der Waals surface area contributed by atoms with Crippen LogP contribution in [0.1, 0.15) is 30.6 Å². The van der Waals surface area contributed by atoms with E-state index in [1.54, 1.807) is 6.20 Å². The van der Waals surface area contributed by atoms with E-state index in [0.29, 0.717) is 18.1 Å². The third-order valence-corrected chi connectivity index (χ3v) is 4.06. The number of carbonyl (C=O) groups excluding carboxylic acids is 1. The molecular weight excluding hydrogens is 238 g/mol. The lowest BCUT2D eigenvalue weighted by molar-refractivity contribution is -0.143. The van der Waals surface area contributed by atoms with Crippen molar-refractivity contribution >= 4 is 22.4 Å². The predicted molar refractivity (Wildman–Crippen MR) is 66.6 cm³/mol. The maximum Gasteiger partial charge on any atom is 0.307 e. The first kappa shape index (κ1) is 12.3. The Morgan fingerprint density at radius 2 is 2.47 bits per heavy atom. The molecule has 1 aromatic rings. The van der Waals surface area contributed by atoms with Crippen molar-refractivity contribution in [1.82, 2.24) is 10.3 Å². The SMILES string of the molecule is COC(=O)CC1(NCc2cnc(N)s2)CCC1. The predicted octanol–water partition coefficient (Wildman–Crippen LogP) is 1.30. The minimum atomic E-state index is -0.152. The lowest BCUT2D eigenvalue weighted by Gasteiger charge is -2.42. The minimum absolute atomic E-state index is 0.0775. The molecule has 0 aliphatic heterocycles. The van der Waals surface area contributed by atoms with Crippen LogP contribution < -0.4 is 11.1 Å². The summed E-state index contributed by atoms with van der Waals surface area (Å²) in [5.74, 6) is -0.152. The van der Waals surface area contributed by atoms with Crippen LogP contribution in [0.25, 0.3) is 0 Å². The van der Waals surface area contributed by atoms with Gasteiger partial charge in [0.25, 0.3) is 0 Å². The summed E-state index contributed by atoms with van der Waals surface area (Å²) >= 11 is 1.48. The molecule has 0 unspecified atom stereocenters. The number of methoxy groups -OCH3 is 1. The molecule has 1 aliphatic rings. The van der Waals surface area contributed by atoms with E-state index in [-0.39, 0.29) is 11.5 Å². The number of nitrogens with zero attached hydrogens (tertiary/aromatic N) is 1. The molecule has 2 rings (SSSR count). The third-order valence-electron chi connectivity index (χ3n) is 3.23. The zero-order valence-corrected chi connectivity index (χ0v) is 10.7. The summed E-state index contributed by atoms with van der Waals surface area (Å²) in [5.41, 5.74) is 5.49. The van der Waals surface area contributed by atoms with Gasteiger partial charge < -0.3 is 15.8 Å². The number of aromatic nitrogens is 1. The van der Waals surface area contributed by atoms with Gasteiger partial charge >= 0.3 is 5.97 Å². The quantitative estimate of drug-likeness (QED) is 0.775. The summed E-state index contributed by atoms with van der Waals surface area (Å²) in [6, 6.07) is 0. The number of thiazole rings is 1. The van der Waals surface area contributed by atoms with Crippen LogP contribution in [-0.2, 0) is 16.1 Å². The maximum absolute atomic E-state index is 11.3. The average molecular weight is 255 g/mol. The first-order valence-electron chi connectivity index (χ1n) is 5.66. The van der Waals surface area contributed by atoms with Gasteiger partial charge in [-0.2, -0.15) is 0 Å². The fourth-order valence-electron chi connectivity index (χ4n) is 2.05. The van der Waals surface area contributed by atoms with E-state index in [1.165, 1.54) is 18.4 Å². The molecule has 0 spiro atoms. The van der Waals surface area contributed by atoms with Crippen LogP contribution >= 0.6 is 11.3 Å². The molecule has 0 amide bonds. The number of hydrogen-bond donors (Lipinski definition) is 2. The maximum atomic E-state index is 11.3. The molecule has 0 aromatic carbocycles.